The summed E-state index contributed by atoms with van der Waals surface area (Å²) in [6, 6.07) is 7.32. The van der Waals surface area contributed by atoms with Crippen LogP contribution >= 0.6 is 0 Å². The lowest BCUT2D eigenvalue weighted by atomic mass is 10.0. The van der Waals surface area contributed by atoms with Crippen LogP contribution in [0.15, 0.2) is 24.3 Å². The molecule has 0 amide bonds. The Kier molecular flexibility index (Phi) is 39.3. The topological polar surface area (TPSA) is 112 Å². The average Bonchev–Trinajstić information content (AvgIpc) is 3.19. The minimum absolute atomic E-state index is 0.197. The van der Waals surface area contributed by atoms with Crippen LogP contribution in [-0.2, 0) is 42.6 Å². The summed E-state index contributed by atoms with van der Waals surface area (Å²) in [4.78, 5) is 12.1. The fourth-order valence-electron chi connectivity index (χ4n) is 5.45. The Balaban J connectivity index is 1.67. The summed E-state index contributed by atoms with van der Waals surface area (Å²) < 4.78 is 49.6. The number of unbranched alkanes of at least 4 members (excludes halogenated alkanes) is 14. The fourth-order valence-corrected chi connectivity index (χ4v) is 5.45. The molecule has 0 aromatic heterocycles. The Morgan fingerprint density at radius 1 is 0.389 bits per heavy atom. The molecule has 0 aliphatic heterocycles. The molecule has 1 rings (SSSR count). The highest BCUT2D eigenvalue weighted by molar-refractivity contribution is 5.89. The number of hydrogen-bond donors (Lipinski definition) is 1. The molecule has 316 valence electrons. The third-order valence-electron chi connectivity index (χ3n) is 8.69. The van der Waals surface area contributed by atoms with Crippen LogP contribution in [0.3, 0.4) is 0 Å². The van der Waals surface area contributed by atoms with E-state index in [9.17, 15) is 4.79 Å². The molecule has 0 aliphatic carbocycles. The van der Waals surface area contributed by atoms with E-state index in [4.69, 9.17) is 42.6 Å². The van der Waals surface area contributed by atoms with E-state index in [0.717, 1.165) is 38.1 Å². The molecule has 0 saturated carbocycles. The first-order valence-electron chi connectivity index (χ1n) is 21.4. The number of esters is 1. The van der Waals surface area contributed by atoms with E-state index in [0.29, 0.717) is 105 Å². The van der Waals surface area contributed by atoms with Crippen LogP contribution in [0.25, 0.3) is 0 Å². The first-order valence-corrected chi connectivity index (χ1v) is 21.4. The van der Waals surface area contributed by atoms with E-state index in [1.54, 1.807) is 12.1 Å². The van der Waals surface area contributed by atoms with Gasteiger partial charge in [-0.1, -0.05) is 104 Å². The van der Waals surface area contributed by atoms with Crippen molar-refractivity contribution in [2.45, 2.75) is 117 Å². The van der Waals surface area contributed by atoms with Crippen LogP contribution in [0.5, 0.6) is 0 Å². The number of anilines is 1. The second-order valence-electron chi connectivity index (χ2n) is 13.5. The summed E-state index contributed by atoms with van der Waals surface area (Å²) in [5, 5.41) is 3.32. The molecule has 1 aromatic carbocycles. The summed E-state index contributed by atoms with van der Waals surface area (Å²) in [6.45, 7) is 14.0. The fraction of sp³-hybridized carbons (Fsp3) is 0.837. The number of benzene rings is 1. The number of ether oxygens (including phenoxy) is 9. The van der Waals surface area contributed by atoms with Gasteiger partial charge in [-0.05, 0) is 37.1 Å². The first kappa shape index (κ1) is 50.2. The summed E-state index contributed by atoms with van der Waals surface area (Å²) in [5.41, 5.74) is 1.53. The van der Waals surface area contributed by atoms with Gasteiger partial charge >= 0.3 is 5.97 Å². The molecule has 0 aliphatic rings. The molecule has 0 radical (unpaired) electrons. The third-order valence-corrected chi connectivity index (χ3v) is 8.69. The van der Waals surface area contributed by atoms with Crippen molar-refractivity contribution < 1.29 is 47.4 Å². The zero-order valence-electron chi connectivity index (χ0n) is 34.4. The van der Waals surface area contributed by atoms with Gasteiger partial charge in [0, 0.05) is 18.8 Å². The maximum atomic E-state index is 12.1. The molecule has 0 bridgehead atoms. The van der Waals surface area contributed by atoms with E-state index in [1.165, 1.54) is 83.5 Å². The van der Waals surface area contributed by atoms with Gasteiger partial charge in [0.2, 0.25) is 0 Å². The van der Waals surface area contributed by atoms with Gasteiger partial charge in [0.25, 0.3) is 0 Å². The predicted octanol–water partition coefficient (Wildman–Crippen LogP) is 8.67. The highest BCUT2D eigenvalue weighted by atomic mass is 16.6. The van der Waals surface area contributed by atoms with E-state index < -0.39 is 0 Å². The molecule has 0 saturated heterocycles. The molecule has 0 unspecified atom stereocenters. The standard InChI is InChI=1S/C43H79NO10/c1-3-5-7-8-9-10-11-12-13-14-15-16-17-18-24-46-25-26-47-27-28-48-29-30-49-31-32-50-33-34-51-35-36-52-37-38-53-39-40-54-43(45)41-19-21-42(22-20-41)44-23-6-4-2/h19-22,44H,3-18,23-40H2,1-2H3. The lowest BCUT2D eigenvalue weighted by Crippen LogP contribution is -2.15. The number of hydrogen-bond acceptors (Lipinski definition) is 11. The zero-order chi connectivity index (χ0) is 38.7. The average molecular weight is 770 g/mol. The maximum Gasteiger partial charge on any atom is 0.338 e. The molecule has 11 nitrogen and oxygen atoms in total. The minimum atomic E-state index is -0.354. The van der Waals surface area contributed by atoms with Crippen LogP contribution in [0.4, 0.5) is 5.69 Å². The van der Waals surface area contributed by atoms with Crippen LogP contribution in [0, 0.1) is 0 Å². The molecule has 0 atom stereocenters. The molecule has 0 spiro atoms. The van der Waals surface area contributed by atoms with Crippen molar-refractivity contribution in [3.63, 3.8) is 0 Å². The summed E-state index contributed by atoms with van der Waals surface area (Å²) in [6.07, 6.45) is 21.5. The van der Waals surface area contributed by atoms with Crippen molar-refractivity contribution in [3.8, 4) is 0 Å². The highest BCUT2D eigenvalue weighted by Crippen LogP contribution is 2.13. The molecule has 11 heteroatoms. The normalized spacial score (nSPS) is 11.4. The van der Waals surface area contributed by atoms with Crippen molar-refractivity contribution in [1.82, 2.24) is 0 Å². The van der Waals surface area contributed by atoms with E-state index in [-0.39, 0.29) is 12.6 Å². The summed E-state index contributed by atoms with van der Waals surface area (Å²) in [7, 11) is 0. The number of carbonyl (C=O) groups is 1. The van der Waals surface area contributed by atoms with Gasteiger partial charge in [0.15, 0.2) is 0 Å². The van der Waals surface area contributed by atoms with Gasteiger partial charge in [-0.2, -0.15) is 0 Å². The largest absolute Gasteiger partial charge is 0.460 e. The zero-order valence-corrected chi connectivity index (χ0v) is 34.4. The lowest BCUT2D eigenvalue weighted by Gasteiger charge is -2.09. The highest BCUT2D eigenvalue weighted by Gasteiger charge is 2.07. The lowest BCUT2D eigenvalue weighted by molar-refractivity contribution is -0.0244. The van der Waals surface area contributed by atoms with Crippen molar-refractivity contribution in [3.05, 3.63) is 29.8 Å². The van der Waals surface area contributed by atoms with Crippen molar-refractivity contribution in [1.29, 1.82) is 0 Å². The molecule has 0 heterocycles. The van der Waals surface area contributed by atoms with Gasteiger partial charge in [-0.25, -0.2) is 4.79 Å². The number of nitrogens with one attached hydrogen (secondary N) is 1. The Hall–Kier alpha value is -1.83. The smallest absolute Gasteiger partial charge is 0.338 e. The Bertz CT molecular complexity index is 892. The number of rotatable bonds is 44. The first-order chi connectivity index (χ1) is 26.8. The number of carbonyl (C=O) groups excluding carboxylic acids is 1. The Morgan fingerprint density at radius 2 is 0.704 bits per heavy atom. The van der Waals surface area contributed by atoms with Gasteiger partial charge in [0.1, 0.15) is 6.61 Å². The summed E-state index contributed by atoms with van der Waals surface area (Å²) in [5.74, 6) is -0.354. The molecule has 1 aromatic rings. The van der Waals surface area contributed by atoms with E-state index in [2.05, 4.69) is 19.2 Å². The molecular weight excluding hydrogens is 690 g/mol. The minimum Gasteiger partial charge on any atom is -0.460 e. The van der Waals surface area contributed by atoms with E-state index in [1.807, 2.05) is 12.1 Å². The third kappa shape index (κ3) is 35.8. The monoisotopic (exact) mass is 770 g/mol. The molecule has 0 fully saturated rings. The quantitative estimate of drug-likeness (QED) is 0.0509. The van der Waals surface area contributed by atoms with Crippen molar-refractivity contribution in [2.75, 3.05) is 124 Å². The molecular formula is C43H79NO10. The van der Waals surface area contributed by atoms with E-state index >= 15 is 0 Å². The summed E-state index contributed by atoms with van der Waals surface area (Å²) >= 11 is 0. The van der Waals surface area contributed by atoms with Crippen molar-refractivity contribution in [2.24, 2.45) is 0 Å². The van der Waals surface area contributed by atoms with Crippen LogP contribution in [-0.4, -0.2) is 125 Å². The maximum absolute atomic E-state index is 12.1. The Labute approximate surface area is 329 Å². The van der Waals surface area contributed by atoms with Crippen LogP contribution in [0.2, 0.25) is 0 Å². The SMILES string of the molecule is CCCCCCCCCCCCCCCCOCCOCCOCCOCCOCCOCCOCCOCCOC(=O)c1ccc(NCCCC)cc1. The van der Waals surface area contributed by atoms with Crippen LogP contribution < -0.4 is 5.32 Å². The van der Waals surface area contributed by atoms with Gasteiger partial charge < -0.3 is 47.9 Å². The van der Waals surface area contributed by atoms with Gasteiger partial charge in [-0.3, -0.25) is 0 Å². The molecule has 1 N–H and O–H groups in total. The second kappa shape index (κ2) is 42.3. The van der Waals surface area contributed by atoms with Crippen molar-refractivity contribution >= 4 is 11.7 Å². The van der Waals surface area contributed by atoms with Gasteiger partial charge in [-0.15, -0.1) is 0 Å². The Morgan fingerprint density at radius 3 is 1.07 bits per heavy atom. The second-order valence-corrected chi connectivity index (χ2v) is 13.5. The predicted molar refractivity (Wildman–Crippen MR) is 217 cm³/mol. The molecule has 54 heavy (non-hydrogen) atoms. The van der Waals surface area contributed by atoms with Crippen LogP contribution in [0.1, 0.15) is 127 Å². The van der Waals surface area contributed by atoms with Gasteiger partial charge in [0.05, 0.1) is 105 Å².